The normalized spacial score (nSPS) is 10.6. The number of hydrogen-bond acceptors (Lipinski definition) is 4. The van der Waals surface area contributed by atoms with Gasteiger partial charge in [-0.05, 0) is 18.2 Å². The van der Waals surface area contributed by atoms with Gasteiger partial charge in [0.25, 0.3) is 5.56 Å². The van der Waals surface area contributed by atoms with Crippen molar-refractivity contribution in [1.29, 1.82) is 0 Å². The molecule has 18 heavy (non-hydrogen) atoms. The topological polar surface area (TPSA) is 71.8 Å². The smallest absolute Gasteiger partial charge is 0.251 e. The van der Waals surface area contributed by atoms with E-state index in [1.807, 2.05) is 0 Å². The van der Waals surface area contributed by atoms with E-state index in [0.717, 1.165) is 4.90 Å². The summed E-state index contributed by atoms with van der Waals surface area (Å²) >= 11 is 1.40. The third kappa shape index (κ3) is 3.41. The number of aromatic amines is 1. The minimum Gasteiger partial charge on any atom is -0.325 e. The van der Waals surface area contributed by atoms with Crippen LogP contribution in [-0.4, -0.2) is 9.97 Å². The molecule has 1 aromatic carbocycles. The van der Waals surface area contributed by atoms with Gasteiger partial charge in [-0.3, -0.25) is 4.79 Å². The molecule has 0 atom stereocenters. The lowest BCUT2D eigenvalue weighted by molar-refractivity contribution is 0.624. The summed E-state index contributed by atoms with van der Waals surface area (Å²) in [7, 11) is 0. The summed E-state index contributed by atoms with van der Waals surface area (Å²) in [5.41, 5.74) is 5.77. The number of hydrogen-bond donors (Lipinski definition) is 2. The molecule has 0 bridgehead atoms. The molecule has 2 aromatic rings. The molecule has 0 aliphatic heterocycles. The minimum atomic E-state index is -0.280. The molecule has 0 saturated carbocycles. The molecule has 0 spiro atoms. The number of thioether (sulfide) groups is 1. The Hall–Kier alpha value is -1.66. The van der Waals surface area contributed by atoms with Gasteiger partial charge in [-0.2, -0.15) is 0 Å². The molecule has 0 fully saturated rings. The fraction of sp³-hybridized carbons (Fsp3) is 0.167. The highest BCUT2D eigenvalue weighted by molar-refractivity contribution is 7.98. The van der Waals surface area contributed by atoms with E-state index in [0.29, 0.717) is 17.3 Å². The number of nitrogens with two attached hydrogens (primary N) is 1. The molecule has 3 N–H and O–H groups in total. The Bertz CT molecular complexity index is 600. The summed E-state index contributed by atoms with van der Waals surface area (Å²) in [6.07, 6.45) is 0. The molecule has 1 heterocycles. The zero-order valence-corrected chi connectivity index (χ0v) is 10.3. The van der Waals surface area contributed by atoms with E-state index in [9.17, 15) is 9.18 Å². The van der Waals surface area contributed by atoms with Crippen molar-refractivity contribution in [1.82, 2.24) is 9.97 Å². The van der Waals surface area contributed by atoms with Crippen LogP contribution in [0.4, 0.5) is 4.39 Å². The highest BCUT2D eigenvalue weighted by Crippen LogP contribution is 2.21. The van der Waals surface area contributed by atoms with Crippen LogP contribution in [0.15, 0.2) is 40.0 Å². The van der Waals surface area contributed by atoms with Gasteiger partial charge in [0.1, 0.15) is 11.6 Å². The van der Waals surface area contributed by atoms with E-state index < -0.39 is 0 Å². The van der Waals surface area contributed by atoms with E-state index in [1.54, 1.807) is 12.1 Å². The molecule has 0 aliphatic rings. The van der Waals surface area contributed by atoms with Crippen molar-refractivity contribution in [2.45, 2.75) is 17.2 Å². The van der Waals surface area contributed by atoms with Crippen LogP contribution >= 0.6 is 11.8 Å². The van der Waals surface area contributed by atoms with Gasteiger partial charge in [0.15, 0.2) is 0 Å². The number of benzene rings is 1. The summed E-state index contributed by atoms with van der Waals surface area (Å²) in [5, 5.41) is 0. The van der Waals surface area contributed by atoms with Crippen LogP contribution in [0, 0.1) is 5.82 Å². The molecule has 4 nitrogen and oxygen atoms in total. The Morgan fingerprint density at radius 2 is 2.22 bits per heavy atom. The Morgan fingerprint density at radius 3 is 2.94 bits per heavy atom. The molecule has 0 amide bonds. The van der Waals surface area contributed by atoms with E-state index in [4.69, 9.17) is 5.73 Å². The number of nitrogens with zero attached hydrogens (tertiary/aromatic N) is 1. The van der Waals surface area contributed by atoms with Crippen molar-refractivity contribution < 1.29 is 4.39 Å². The van der Waals surface area contributed by atoms with Crippen LogP contribution < -0.4 is 11.3 Å². The second kappa shape index (κ2) is 5.79. The Kier molecular flexibility index (Phi) is 4.11. The molecule has 0 aliphatic carbocycles. The van der Waals surface area contributed by atoms with Crippen molar-refractivity contribution in [3.8, 4) is 0 Å². The molecular formula is C12H12FN3OS. The van der Waals surface area contributed by atoms with Gasteiger partial charge in [-0.15, -0.1) is 11.8 Å². The number of aromatic nitrogens is 2. The summed E-state index contributed by atoms with van der Waals surface area (Å²) in [4.78, 5) is 18.9. The summed E-state index contributed by atoms with van der Waals surface area (Å²) in [5.74, 6) is 0.723. The fourth-order valence-electron chi connectivity index (χ4n) is 1.44. The standard InChI is InChI=1S/C12H12FN3OS/c13-8-2-1-3-10(4-8)18-7-11-15-9(6-14)5-12(17)16-11/h1-5H,6-7,14H2,(H,15,16,17). The first kappa shape index (κ1) is 12.8. The molecule has 6 heteroatoms. The van der Waals surface area contributed by atoms with E-state index in [1.165, 1.54) is 30.0 Å². The summed E-state index contributed by atoms with van der Waals surface area (Å²) in [6, 6.07) is 7.65. The Labute approximate surface area is 107 Å². The van der Waals surface area contributed by atoms with Gasteiger partial charge < -0.3 is 10.7 Å². The van der Waals surface area contributed by atoms with Gasteiger partial charge in [-0.25, -0.2) is 9.37 Å². The Morgan fingerprint density at radius 1 is 1.39 bits per heavy atom. The lowest BCUT2D eigenvalue weighted by atomic mass is 10.4. The predicted octanol–water partition coefficient (Wildman–Crippen LogP) is 1.66. The Balaban J connectivity index is 2.10. The zero-order chi connectivity index (χ0) is 13.0. The molecule has 0 radical (unpaired) electrons. The van der Waals surface area contributed by atoms with Crippen LogP contribution in [0.1, 0.15) is 11.5 Å². The van der Waals surface area contributed by atoms with Crippen molar-refractivity contribution >= 4 is 11.8 Å². The summed E-state index contributed by atoms with van der Waals surface area (Å²) in [6.45, 7) is 0.224. The maximum atomic E-state index is 13.0. The highest BCUT2D eigenvalue weighted by atomic mass is 32.2. The first-order valence-electron chi connectivity index (χ1n) is 5.35. The van der Waals surface area contributed by atoms with Crippen LogP contribution in [0.3, 0.4) is 0 Å². The average molecular weight is 265 g/mol. The average Bonchev–Trinajstić information content (AvgIpc) is 2.36. The van der Waals surface area contributed by atoms with Crippen LogP contribution in [-0.2, 0) is 12.3 Å². The number of nitrogens with one attached hydrogen (secondary N) is 1. The quantitative estimate of drug-likeness (QED) is 0.825. The van der Waals surface area contributed by atoms with Crippen LogP contribution in [0.5, 0.6) is 0 Å². The third-order valence-electron chi connectivity index (χ3n) is 2.22. The SMILES string of the molecule is NCc1cc(=O)[nH]c(CSc2cccc(F)c2)n1. The van der Waals surface area contributed by atoms with E-state index in [2.05, 4.69) is 9.97 Å². The molecule has 1 aromatic heterocycles. The van der Waals surface area contributed by atoms with Gasteiger partial charge in [0.05, 0.1) is 11.4 Å². The predicted molar refractivity (Wildman–Crippen MR) is 68.7 cm³/mol. The molecule has 0 unspecified atom stereocenters. The first-order valence-corrected chi connectivity index (χ1v) is 6.33. The lowest BCUT2D eigenvalue weighted by Gasteiger charge is -2.03. The van der Waals surface area contributed by atoms with Crippen molar-refractivity contribution in [3.63, 3.8) is 0 Å². The van der Waals surface area contributed by atoms with Crippen LogP contribution in [0.25, 0.3) is 0 Å². The van der Waals surface area contributed by atoms with Gasteiger partial charge in [0, 0.05) is 17.5 Å². The minimum absolute atomic E-state index is 0.222. The van der Waals surface area contributed by atoms with Crippen molar-refractivity contribution in [2.75, 3.05) is 0 Å². The number of H-pyrrole nitrogens is 1. The largest absolute Gasteiger partial charge is 0.325 e. The lowest BCUT2D eigenvalue weighted by Crippen LogP contribution is -2.14. The van der Waals surface area contributed by atoms with Gasteiger partial charge >= 0.3 is 0 Å². The monoisotopic (exact) mass is 265 g/mol. The van der Waals surface area contributed by atoms with E-state index in [-0.39, 0.29) is 17.9 Å². The molecule has 94 valence electrons. The first-order chi connectivity index (χ1) is 8.67. The molecule has 2 rings (SSSR count). The second-order valence-corrected chi connectivity index (χ2v) is 4.68. The van der Waals surface area contributed by atoms with Crippen LogP contribution in [0.2, 0.25) is 0 Å². The van der Waals surface area contributed by atoms with E-state index >= 15 is 0 Å². The highest BCUT2D eigenvalue weighted by Gasteiger charge is 2.02. The third-order valence-corrected chi connectivity index (χ3v) is 3.23. The van der Waals surface area contributed by atoms with Gasteiger partial charge in [0.2, 0.25) is 0 Å². The van der Waals surface area contributed by atoms with Crippen molar-refractivity contribution in [2.24, 2.45) is 5.73 Å². The maximum absolute atomic E-state index is 13.0. The van der Waals surface area contributed by atoms with Gasteiger partial charge in [-0.1, -0.05) is 6.07 Å². The molecule has 0 saturated heterocycles. The number of halogens is 1. The zero-order valence-electron chi connectivity index (χ0n) is 9.52. The number of rotatable bonds is 4. The maximum Gasteiger partial charge on any atom is 0.251 e. The fourth-order valence-corrected chi connectivity index (χ4v) is 2.26. The second-order valence-electron chi connectivity index (χ2n) is 3.63. The van der Waals surface area contributed by atoms with Crippen molar-refractivity contribution in [3.05, 3.63) is 58.0 Å². The summed E-state index contributed by atoms with van der Waals surface area (Å²) < 4.78 is 13.0. The molecular weight excluding hydrogens is 253 g/mol.